The molecule has 25 heavy (non-hydrogen) atoms. The van der Waals surface area contributed by atoms with Gasteiger partial charge in [0.2, 0.25) is 5.91 Å². The smallest absolute Gasteiger partial charge is 0.271 e. The van der Waals surface area contributed by atoms with Crippen molar-refractivity contribution in [2.75, 3.05) is 5.32 Å². The van der Waals surface area contributed by atoms with Crippen LogP contribution in [0.4, 0.5) is 5.69 Å². The predicted molar refractivity (Wildman–Crippen MR) is 101 cm³/mol. The number of rotatable bonds is 4. The standard InChI is InChI=1S/C16H13BrN4O3S/c17-9-7-12(14(23)18-8-9)19-13(22)5-6-21-15(24)10-3-1-2-4-11(10)20-16(21)25/h1-4,7-8H,5-6H2,(H,18,23)(H,19,22)(H,20,25). The fraction of sp³-hybridized carbons (Fsp3) is 0.125. The minimum Gasteiger partial charge on any atom is -0.332 e. The first-order valence-electron chi connectivity index (χ1n) is 7.35. The van der Waals surface area contributed by atoms with Gasteiger partial charge < -0.3 is 15.3 Å². The third-order valence-corrected chi connectivity index (χ3v) is 4.37. The number of para-hydroxylation sites is 1. The molecule has 0 spiro atoms. The van der Waals surface area contributed by atoms with Crippen LogP contribution in [0.5, 0.6) is 0 Å². The molecule has 0 aliphatic rings. The number of benzene rings is 1. The summed E-state index contributed by atoms with van der Waals surface area (Å²) in [6.45, 7) is 0.108. The van der Waals surface area contributed by atoms with E-state index in [1.165, 1.54) is 16.8 Å². The van der Waals surface area contributed by atoms with E-state index in [4.69, 9.17) is 12.2 Å². The summed E-state index contributed by atoms with van der Waals surface area (Å²) >= 11 is 8.42. The zero-order valence-corrected chi connectivity index (χ0v) is 15.2. The fourth-order valence-electron chi connectivity index (χ4n) is 2.38. The maximum atomic E-state index is 12.5. The van der Waals surface area contributed by atoms with Crippen molar-refractivity contribution >= 4 is 50.6 Å². The Bertz CT molecular complexity index is 1130. The number of aromatic nitrogens is 3. The molecule has 0 radical (unpaired) electrons. The topological polar surface area (TPSA) is 99.8 Å². The van der Waals surface area contributed by atoms with Gasteiger partial charge in [-0.2, -0.15) is 0 Å². The van der Waals surface area contributed by atoms with E-state index in [1.54, 1.807) is 24.3 Å². The van der Waals surface area contributed by atoms with E-state index in [2.05, 4.69) is 31.2 Å². The number of aromatic amines is 2. The molecule has 0 unspecified atom stereocenters. The predicted octanol–water partition coefficient (Wildman–Crippen LogP) is 2.54. The first-order valence-corrected chi connectivity index (χ1v) is 8.56. The Kier molecular flexibility index (Phi) is 4.95. The van der Waals surface area contributed by atoms with Crippen LogP contribution in [0, 0.1) is 4.77 Å². The first-order chi connectivity index (χ1) is 12.0. The summed E-state index contributed by atoms with van der Waals surface area (Å²) < 4.78 is 2.22. The maximum absolute atomic E-state index is 12.5. The van der Waals surface area contributed by atoms with E-state index in [-0.39, 0.29) is 29.0 Å². The van der Waals surface area contributed by atoms with Crippen molar-refractivity contribution in [1.82, 2.24) is 14.5 Å². The zero-order chi connectivity index (χ0) is 18.0. The van der Waals surface area contributed by atoms with E-state index in [9.17, 15) is 14.4 Å². The lowest BCUT2D eigenvalue weighted by Crippen LogP contribution is -2.26. The molecule has 9 heteroatoms. The van der Waals surface area contributed by atoms with Crippen molar-refractivity contribution in [3.8, 4) is 0 Å². The number of carbonyl (C=O) groups is 1. The summed E-state index contributed by atoms with van der Waals surface area (Å²) in [6, 6.07) is 8.53. The molecule has 3 aromatic rings. The first kappa shape index (κ1) is 17.3. The Hall–Kier alpha value is -2.52. The van der Waals surface area contributed by atoms with Crippen molar-refractivity contribution in [3.63, 3.8) is 0 Å². The van der Waals surface area contributed by atoms with Crippen LogP contribution in [0.1, 0.15) is 6.42 Å². The van der Waals surface area contributed by atoms with Crippen molar-refractivity contribution in [2.45, 2.75) is 13.0 Å². The second kappa shape index (κ2) is 7.16. The number of hydrogen-bond donors (Lipinski definition) is 3. The van der Waals surface area contributed by atoms with Crippen LogP contribution in [0.3, 0.4) is 0 Å². The summed E-state index contributed by atoms with van der Waals surface area (Å²) in [4.78, 5) is 41.7. The lowest BCUT2D eigenvalue weighted by atomic mass is 10.2. The molecular formula is C16H13BrN4O3S. The Morgan fingerprint density at radius 1 is 1.28 bits per heavy atom. The molecule has 0 atom stereocenters. The van der Waals surface area contributed by atoms with Crippen LogP contribution in [0.15, 0.2) is 50.6 Å². The average molecular weight is 421 g/mol. The number of halogens is 1. The molecule has 0 fully saturated rings. The third kappa shape index (κ3) is 3.77. The van der Waals surface area contributed by atoms with E-state index >= 15 is 0 Å². The quantitative estimate of drug-likeness (QED) is 0.564. The van der Waals surface area contributed by atoms with Crippen LogP contribution in [-0.4, -0.2) is 20.4 Å². The molecule has 3 rings (SSSR count). The second-order valence-corrected chi connectivity index (χ2v) is 6.59. The molecule has 0 aliphatic heterocycles. The lowest BCUT2D eigenvalue weighted by Gasteiger charge is -2.08. The van der Waals surface area contributed by atoms with Crippen LogP contribution < -0.4 is 16.4 Å². The summed E-state index contributed by atoms with van der Waals surface area (Å²) in [5.41, 5.74) is 0.124. The monoisotopic (exact) mass is 420 g/mol. The van der Waals surface area contributed by atoms with Crippen molar-refractivity contribution in [1.29, 1.82) is 0 Å². The van der Waals surface area contributed by atoms with Crippen LogP contribution in [-0.2, 0) is 11.3 Å². The average Bonchev–Trinajstić information content (AvgIpc) is 2.58. The number of H-pyrrole nitrogens is 2. The van der Waals surface area contributed by atoms with Gasteiger partial charge in [-0.15, -0.1) is 0 Å². The van der Waals surface area contributed by atoms with Gasteiger partial charge in [-0.05, 0) is 46.3 Å². The Morgan fingerprint density at radius 2 is 2.04 bits per heavy atom. The minimum absolute atomic E-state index is 0.00167. The fourth-order valence-corrected chi connectivity index (χ4v) is 3.01. The number of fused-ring (bicyclic) bond motifs is 1. The summed E-state index contributed by atoms with van der Waals surface area (Å²) in [7, 11) is 0. The van der Waals surface area contributed by atoms with E-state index in [0.717, 1.165) is 0 Å². The molecule has 1 amide bonds. The molecule has 1 aromatic carbocycles. The van der Waals surface area contributed by atoms with Crippen LogP contribution in [0.25, 0.3) is 10.9 Å². The van der Waals surface area contributed by atoms with Gasteiger partial charge in [0.05, 0.1) is 10.9 Å². The van der Waals surface area contributed by atoms with Gasteiger partial charge in [0.15, 0.2) is 4.77 Å². The maximum Gasteiger partial charge on any atom is 0.271 e. The molecule has 2 aromatic heterocycles. The van der Waals surface area contributed by atoms with Gasteiger partial charge in [-0.25, -0.2) is 0 Å². The Morgan fingerprint density at radius 3 is 2.84 bits per heavy atom. The van der Waals surface area contributed by atoms with Crippen molar-refractivity contribution in [2.24, 2.45) is 0 Å². The van der Waals surface area contributed by atoms with Crippen molar-refractivity contribution in [3.05, 3.63) is 66.5 Å². The highest BCUT2D eigenvalue weighted by molar-refractivity contribution is 9.10. The summed E-state index contributed by atoms with van der Waals surface area (Å²) in [5.74, 6) is -0.391. The van der Waals surface area contributed by atoms with Crippen LogP contribution >= 0.6 is 28.1 Å². The Labute approximate surface area is 154 Å². The largest absolute Gasteiger partial charge is 0.332 e. The zero-order valence-electron chi connectivity index (χ0n) is 12.8. The molecule has 128 valence electrons. The highest BCUT2D eigenvalue weighted by Crippen LogP contribution is 2.10. The van der Waals surface area contributed by atoms with E-state index in [0.29, 0.717) is 15.4 Å². The highest BCUT2D eigenvalue weighted by atomic mass is 79.9. The molecular weight excluding hydrogens is 408 g/mol. The van der Waals surface area contributed by atoms with Gasteiger partial charge in [0.1, 0.15) is 5.69 Å². The second-order valence-electron chi connectivity index (χ2n) is 5.29. The van der Waals surface area contributed by atoms with Gasteiger partial charge in [-0.1, -0.05) is 12.1 Å². The molecule has 0 saturated carbocycles. The number of nitrogens with zero attached hydrogens (tertiary/aromatic N) is 1. The Balaban J connectivity index is 1.80. The van der Waals surface area contributed by atoms with Crippen molar-refractivity contribution < 1.29 is 4.79 Å². The van der Waals surface area contributed by atoms with Gasteiger partial charge >= 0.3 is 0 Å². The number of nitrogens with one attached hydrogen (secondary N) is 3. The van der Waals surface area contributed by atoms with Gasteiger partial charge in [-0.3, -0.25) is 19.0 Å². The van der Waals surface area contributed by atoms with Crippen LogP contribution in [0.2, 0.25) is 0 Å². The molecule has 2 heterocycles. The summed E-state index contributed by atoms with van der Waals surface area (Å²) in [5, 5.41) is 3.03. The minimum atomic E-state index is -0.406. The molecule has 3 N–H and O–H groups in total. The SMILES string of the molecule is O=C(CCn1c(=S)[nH]c2ccccc2c1=O)Nc1cc(Br)c[nH]c1=O. The molecule has 7 nitrogen and oxygen atoms in total. The van der Waals surface area contributed by atoms with Gasteiger partial charge in [0, 0.05) is 23.6 Å². The lowest BCUT2D eigenvalue weighted by molar-refractivity contribution is -0.116. The van der Waals surface area contributed by atoms with E-state index in [1.807, 2.05) is 0 Å². The third-order valence-electron chi connectivity index (χ3n) is 3.59. The highest BCUT2D eigenvalue weighted by Gasteiger charge is 2.10. The molecule has 0 bridgehead atoms. The molecule has 0 saturated heterocycles. The number of pyridine rings is 1. The summed E-state index contributed by atoms with van der Waals surface area (Å²) in [6.07, 6.45) is 1.48. The number of anilines is 1. The number of hydrogen-bond acceptors (Lipinski definition) is 4. The number of carbonyl (C=O) groups excluding carboxylic acids is 1. The molecule has 0 aliphatic carbocycles. The normalized spacial score (nSPS) is 10.8. The van der Waals surface area contributed by atoms with E-state index < -0.39 is 11.5 Å². The number of amides is 1. The van der Waals surface area contributed by atoms with Gasteiger partial charge in [0.25, 0.3) is 11.1 Å².